The first kappa shape index (κ1) is 15.3. The summed E-state index contributed by atoms with van der Waals surface area (Å²) in [6, 6.07) is 5.50. The molecule has 0 bridgehead atoms. The zero-order valence-electron chi connectivity index (χ0n) is 13.7. The Bertz CT molecular complexity index is 834. The molecule has 0 radical (unpaired) electrons. The van der Waals surface area contributed by atoms with E-state index in [0.717, 1.165) is 16.8 Å². The first-order valence-electron chi connectivity index (χ1n) is 7.66. The minimum atomic E-state index is -0.203. The molecule has 0 aliphatic heterocycles. The van der Waals surface area contributed by atoms with Crippen molar-refractivity contribution in [2.24, 2.45) is 0 Å². The maximum absolute atomic E-state index is 12.5. The molecular formula is C17H20N4O2. The molecule has 0 saturated heterocycles. The molecule has 3 aromatic heterocycles. The first-order chi connectivity index (χ1) is 11.0. The average molecular weight is 312 g/mol. The lowest BCUT2D eigenvalue weighted by Crippen LogP contribution is -2.27. The lowest BCUT2D eigenvalue weighted by atomic mass is 10.1. The second-order valence-corrected chi connectivity index (χ2v) is 5.93. The van der Waals surface area contributed by atoms with Gasteiger partial charge in [-0.3, -0.25) is 4.79 Å². The van der Waals surface area contributed by atoms with Gasteiger partial charge >= 0.3 is 0 Å². The van der Waals surface area contributed by atoms with Crippen LogP contribution in [0.25, 0.3) is 11.0 Å². The van der Waals surface area contributed by atoms with E-state index in [1.54, 1.807) is 18.5 Å². The van der Waals surface area contributed by atoms with Crippen LogP contribution < -0.4 is 5.32 Å². The molecule has 0 aliphatic rings. The van der Waals surface area contributed by atoms with E-state index in [4.69, 9.17) is 4.42 Å². The van der Waals surface area contributed by atoms with Gasteiger partial charge in [-0.25, -0.2) is 9.67 Å². The van der Waals surface area contributed by atoms with Gasteiger partial charge in [0, 0.05) is 11.4 Å². The third-order valence-electron chi connectivity index (χ3n) is 3.81. The summed E-state index contributed by atoms with van der Waals surface area (Å²) in [5, 5.41) is 8.14. The van der Waals surface area contributed by atoms with Crippen LogP contribution in [-0.2, 0) is 0 Å². The Labute approximate surface area is 134 Å². The fourth-order valence-electron chi connectivity index (χ4n) is 2.56. The highest BCUT2D eigenvalue weighted by Crippen LogP contribution is 2.20. The molecule has 3 aromatic rings. The largest absolute Gasteiger partial charge is 0.467 e. The topological polar surface area (TPSA) is 73.0 Å². The molecule has 6 nitrogen and oxygen atoms in total. The van der Waals surface area contributed by atoms with E-state index in [-0.39, 0.29) is 18.0 Å². The summed E-state index contributed by atoms with van der Waals surface area (Å²) in [7, 11) is 0. The summed E-state index contributed by atoms with van der Waals surface area (Å²) in [4.78, 5) is 17.1. The normalized spacial score (nSPS) is 12.7. The highest BCUT2D eigenvalue weighted by molar-refractivity contribution is 5.98. The van der Waals surface area contributed by atoms with Crippen LogP contribution in [0.15, 0.2) is 35.1 Å². The quantitative estimate of drug-likeness (QED) is 0.801. The van der Waals surface area contributed by atoms with E-state index in [1.807, 2.05) is 30.7 Å². The fourth-order valence-corrected chi connectivity index (χ4v) is 2.56. The van der Waals surface area contributed by atoms with E-state index in [2.05, 4.69) is 29.2 Å². The van der Waals surface area contributed by atoms with Crippen LogP contribution in [0.3, 0.4) is 0 Å². The summed E-state index contributed by atoms with van der Waals surface area (Å²) >= 11 is 0. The van der Waals surface area contributed by atoms with Crippen molar-refractivity contribution in [2.45, 2.75) is 39.8 Å². The molecule has 1 atom stereocenters. The summed E-state index contributed by atoms with van der Waals surface area (Å²) in [5.74, 6) is 0.552. The van der Waals surface area contributed by atoms with Gasteiger partial charge in [-0.2, -0.15) is 5.10 Å². The molecule has 0 spiro atoms. The van der Waals surface area contributed by atoms with Crippen molar-refractivity contribution < 1.29 is 9.21 Å². The highest BCUT2D eigenvalue weighted by Gasteiger charge is 2.18. The number of pyridine rings is 1. The molecule has 23 heavy (non-hydrogen) atoms. The smallest absolute Gasteiger partial charge is 0.253 e. The number of hydrogen-bond donors (Lipinski definition) is 1. The van der Waals surface area contributed by atoms with Gasteiger partial charge in [0.2, 0.25) is 0 Å². The molecule has 0 saturated carbocycles. The lowest BCUT2D eigenvalue weighted by Gasteiger charge is -2.13. The monoisotopic (exact) mass is 312 g/mol. The van der Waals surface area contributed by atoms with Gasteiger partial charge in [-0.05, 0) is 45.9 Å². The number of rotatable bonds is 4. The van der Waals surface area contributed by atoms with Crippen LogP contribution in [0, 0.1) is 6.92 Å². The minimum Gasteiger partial charge on any atom is -0.467 e. The van der Waals surface area contributed by atoms with Crippen LogP contribution in [0.5, 0.6) is 0 Å². The molecule has 1 amide bonds. The summed E-state index contributed by atoms with van der Waals surface area (Å²) < 4.78 is 7.18. The molecule has 0 aliphatic carbocycles. The Morgan fingerprint density at radius 3 is 2.78 bits per heavy atom. The molecule has 3 rings (SSSR count). The van der Waals surface area contributed by atoms with Gasteiger partial charge in [-0.15, -0.1) is 0 Å². The Morgan fingerprint density at radius 2 is 2.13 bits per heavy atom. The van der Waals surface area contributed by atoms with Gasteiger partial charge in [0.15, 0.2) is 5.65 Å². The zero-order valence-corrected chi connectivity index (χ0v) is 13.7. The van der Waals surface area contributed by atoms with Crippen molar-refractivity contribution in [1.82, 2.24) is 20.1 Å². The van der Waals surface area contributed by atoms with Crippen molar-refractivity contribution >= 4 is 16.9 Å². The van der Waals surface area contributed by atoms with Gasteiger partial charge in [0.05, 0.1) is 29.8 Å². The summed E-state index contributed by atoms with van der Waals surface area (Å²) in [5.41, 5.74) is 2.04. The standard InChI is InChI=1S/C17H20N4O2/c1-10(2)21-16-13(9-18-21)8-14(11(3)19-16)17(22)20-12(4)15-6-5-7-23-15/h5-10,12H,1-4H3,(H,20,22)/t12-/m1/s1. The maximum atomic E-state index is 12.5. The van der Waals surface area contributed by atoms with Crippen molar-refractivity contribution in [3.63, 3.8) is 0 Å². The number of aromatic nitrogens is 3. The minimum absolute atomic E-state index is 0.168. The molecule has 0 fully saturated rings. The third-order valence-corrected chi connectivity index (χ3v) is 3.81. The summed E-state index contributed by atoms with van der Waals surface area (Å²) in [6.45, 7) is 7.82. The molecule has 120 valence electrons. The molecule has 6 heteroatoms. The van der Waals surface area contributed by atoms with Crippen molar-refractivity contribution in [3.05, 3.63) is 47.7 Å². The molecule has 0 unspecified atom stereocenters. The van der Waals surface area contributed by atoms with Crippen LogP contribution in [-0.4, -0.2) is 20.7 Å². The second kappa shape index (κ2) is 5.87. The number of furan rings is 1. The van der Waals surface area contributed by atoms with Crippen LogP contribution in [0.2, 0.25) is 0 Å². The Hall–Kier alpha value is -2.63. The Balaban J connectivity index is 1.90. The van der Waals surface area contributed by atoms with E-state index in [0.29, 0.717) is 11.3 Å². The Kier molecular flexibility index (Phi) is 3.90. The van der Waals surface area contributed by atoms with E-state index in [1.165, 1.54) is 0 Å². The SMILES string of the molecule is Cc1nc2c(cnn2C(C)C)cc1C(=O)N[C@H](C)c1ccco1. The molecule has 1 N–H and O–H groups in total. The summed E-state index contributed by atoms with van der Waals surface area (Å²) in [6.07, 6.45) is 3.34. The predicted octanol–water partition coefficient (Wildman–Crippen LogP) is 3.40. The molecule has 0 aromatic carbocycles. The number of hydrogen-bond acceptors (Lipinski definition) is 4. The number of carbonyl (C=O) groups is 1. The van der Waals surface area contributed by atoms with Crippen LogP contribution in [0.4, 0.5) is 0 Å². The molecule has 3 heterocycles. The fraction of sp³-hybridized carbons (Fsp3) is 0.353. The highest BCUT2D eigenvalue weighted by atomic mass is 16.3. The number of amides is 1. The van der Waals surface area contributed by atoms with Gasteiger partial charge in [-0.1, -0.05) is 0 Å². The van der Waals surface area contributed by atoms with E-state index in [9.17, 15) is 4.79 Å². The van der Waals surface area contributed by atoms with Gasteiger partial charge < -0.3 is 9.73 Å². The number of aryl methyl sites for hydroxylation is 1. The zero-order chi connectivity index (χ0) is 16.6. The lowest BCUT2D eigenvalue weighted by molar-refractivity contribution is 0.0934. The van der Waals surface area contributed by atoms with E-state index >= 15 is 0 Å². The van der Waals surface area contributed by atoms with Crippen LogP contribution >= 0.6 is 0 Å². The number of fused-ring (bicyclic) bond motifs is 1. The number of carbonyl (C=O) groups excluding carboxylic acids is 1. The van der Waals surface area contributed by atoms with Gasteiger partial charge in [0.25, 0.3) is 5.91 Å². The number of nitrogens with zero attached hydrogens (tertiary/aromatic N) is 3. The van der Waals surface area contributed by atoms with Crippen molar-refractivity contribution in [2.75, 3.05) is 0 Å². The average Bonchev–Trinajstić information content (AvgIpc) is 3.15. The maximum Gasteiger partial charge on any atom is 0.253 e. The first-order valence-corrected chi connectivity index (χ1v) is 7.66. The number of nitrogens with one attached hydrogen (secondary N) is 1. The second-order valence-electron chi connectivity index (χ2n) is 5.93. The van der Waals surface area contributed by atoms with Gasteiger partial charge in [0.1, 0.15) is 5.76 Å². The Morgan fingerprint density at radius 1 is 1.35 bits per heavy atom. The van der Waals surface area contributed by atoms with Crippen molar-refractivity contribution in [1.29, 1.82) is 0 Å². The predicted molar refractivity (Wildman–Crippen MR) is 87.2 cm³/mol. The third kappa shape index (κ3) is 2.84. The van der Waals surface area contributed by atoms with Crippen LogP contribution in [0.1, 0.15) is 54.7 Å². The molecular weight excluding hydrogens is 292 g/mol. The van der Waals surface area contributed by atoms with Crippen molar-refractivity contribution in [3.8, 4) is 0 Å². The van der Waals surface area contributed by atoms with E-state index < -0.39 is 0 Å².